The lowest BCUT2D eigenvalue weighted by Crippen LogP contribution is -2.49. The summed E-state index contributed by atoms with van der Waals surface area (Å²) in [4.78, 5) is 35.0. The van der Waals surface area contributed by atoms with E-state index in [0.29, 0.717) is 5.46 Å². The number of carbonyl (C=O) groups excluding carboxylic acids is 2. The van der Waals surface area contributed by atoms with Gasteiger partial charge in [0.15, 0.2) is 0 Å². The van der Waals surface area contributed by atoms with Crippen LogP contribution in [0.1, 0.15) is 48.4 Å². The van der Waals surface area contributed by atoms with Gasteiger partial charge in [-0.05, 0) is 69.6 Å². The van der Waals surface area contributed by atoms with Gasteiger partial charge in [0, 0.05) is 29.6 Å². The van der Waals surface area contributed by atoms with Crippen LogP contribution in [0.4, 0.5) is 0 Å². The van der Waals surface area contributed by atoms with Crippen LogP contribution in [0, 0.1) is 0 Å². The normalized spacial score (nSPS) is 11.5. The van der Waals surface area contributed by atoms with Gasteiger partial charge < -0.3 is 19.2 Å². The highest BCUT2D eigenvalue weighted by atomic mass is 16.5. The second-order valence-corrected chi connectivity index (χ2v) is 11.5. The fraction of sp³-hybridized carbons (Fsp3) is 0.167. The summed E-state index contributed by atoms with van der Waals surface area (Å²) in [7, 11) is 0.0492. The lowest BCUT2D eigenvalue weighted by molar-refractivity contribution is -0.0893. The van der Waals surface area contributed by atoms with E-state index in [4.69, 9.17) is 14.1 Å². The summed E-state index contributed by atoms with van der Waals surface area (Å²) in [6.07, 6.45) is 2.91. The van der Waals surface area contributed by atoms with E-state index in [0.717, 1.165) is 22.5 Å². The molecular formula is C36H33BN2O6. The Bertz CT molecular complexity index is 1650. The Balaban J connectivity index is 1.36. The predicted molar refractivity (Wildman–Crippen MR) is 174 cm³/mol. The van der Waals surface area contributed by atoms with Crippen molar-refractivity contribution in [2.45, 2.75) is 38.9 Å². The third-order valence-corrected chi connectivity index (χ3v) is 7.57. The second kappa shape index (κ2) is 13.3. The van der Waals surface area contributed by atoms with Crippen molar-refractivity contribution in [2.75, 3.05) is 0 Å². The van der Waals surface area contributed by atoms with E-state index in [1.807, 2.05) is 60.7 Å². The summed E-state index contributed by atoms with van der Waals surface area (Å²) in [5, 5.41) is 10.5. The van der Waals surface area contributed by atoms with Gasteiger partial charge in [-0.25, -0.2) is 9.59 Å². The molecular weight excluding hydrogens is 567 g/mol. The maximum Gasteiger partial charge on any atom is 0.345 e. The lowest BCUT2D eigenvalue weighted by atomic mass is 9.82. The van der Waals surface area contributed by atoms with Gasteiger partial charge in [0.25, 0.3) is 0 Å². The van der Waals surface area contributed by atoms with Crippen LogP contribution in [0.2, 0.25) is 0 Å². The van der Waals surface area contributed by atoms with E-state index >= 15 is 0 Å². The lowest BCUT2D eigenvalue weighted by Gasteiger charge is -2.37. The fourth-order valence-corrected chi connectivity index (χ4v) is 4.19. The number of carbonyl (C=O) groups is 2. The molecule has 2 aromatic heterocycles. The first-order chi connectivity index (χ1) is 21.5. The van der Waals surface area contributed by atoms with Crippen molar-refractivity contribution in [1.29, 1.82) is 0 Å². The average molecular weight is 600 g/mol. The molecule has 0 saturated heterocycles. The maximum atomic E-state index is 13.1. The largest absolute Gasteiger partial charge is 0.427 e. The Morgan fingerprint density at radius 3 is 1.47 bits per heavy atom. The Kier molecular flexibility index (Phi) is 9.22. The number of hydrogen-bond donors (Lipinski definition) is 1. The van der Waals surface area contributed by atoms with Gasteiger partial charge in [-0.15, -0.1) is 0 Å². The van der Waals surface area contributed by atoms with Gasteiger partial charge in [-0.1, -0.05) is 60.7 Å². The van der Waals surface area contributed by atoms with Crippen molar-refractivity contribution in [3.05, 3.63) is 127 Å². The molecule has 0 aliphatic rings. The minimum atomic E-state index is -1.13. The number of aromatic nitrogens is 2. The van der Waals surface area contributed by atoms with Crippen LogP contribution in [0.5, 0.6) is 11.5 Å². The number of pyridine rings is 2. The molecule has 0 fully saturated rings. The first kappa shape index (κ1) is 31.3. The van der Waals surface area contributed by atoms with Crippen molar-refractivity contribution in [3.63, 3.8) is 0 Å². The van der Waals surface area contributed by atoms with Crippen molar-refractivity contribution in [2.24, 2.45) is 0 Å². The van der Waals surface area contributed by atoms with Crippen LogP contribution in [0.3, 0.4) is 0 Å². The molecule has 0 aliphatic heterocycles. The Morgan fingerprint density at radius 2 is 1.09 bits per heavy atom. The molecule has 0 unspecified atom stereocenters. The molecule has 0 bridgehead atoms. The molecule has 5 aromatic rings. The first-order valence-corrected chi connectivity index (χ1v) is 14.5. The van der Waals surface area contributed by atoms with E-state index in [1.165, 1.54) is 18.5 Å². The molecule has 3 aromatic carbocycles. The van der Waals surface area contributed by atoms with Crippen LogP contribution >= 0.6 is 0 Å². The summed E-state index contributed by atoms with van der Waals surface area (Å²) in [5.74, 6) is -0.964. The van der Waals surface area contributed by atoms with E-state index in [-0.39, 0.29) is 30.1 Å². The summed E-state index contributed by atoms with van der Waals surface area (Å²) in [6.45, 7) is 6.87. The molecule has 0 aliphatic carbocycles. The molecule has 0 radical (unpaired) electrons. The highest BCUT2D eigenvalue weighted by molar-refractivity contribution is 6.47. The third kappa shape index (κ3) is 7.89. The van der Waals surface area contributed by atoms with Gasteiger partial charge in [0.2, 0.25) is 0 Å². The van der Waals surface area contributed by atoms with Crippen molar-refractivity contribution < 1.29 is 28.8 Å². The first-order valence-electron chi connectivity index (χ1n) is 14.5. The third-order valence-electron chi connectivity index (χ3n) is 7.57. The van der Waals surface area contributed by atoms with Crippen LogP contribution in [0.15, 0.2) is 116 Å². The number of ether oxygens (including phenoxy) is 2. The number of nitrogens with zero attached hydrogens (tertiary/aromatic N) is 2. The van der Waals surface area contributed by atoms with Crippen molar-refractivity contribution in [1.82, 2.24) is 9.97 Å². The van der Waals surface area contributed by atoms with Gasteiger partial charge in [-0.2, -0.15) is 0 Å². The van der Waals surface area contributed by atoms with Gasteiger partial charge in [-0.3, -0.25) is 9.97 Å². The Labute approximate surface area is 262 Å². The Morgan fingerprint density at radius 1 is 0.644 bits per heavy atom. The van der Waals surface area contributed by atoms with E-state index in [1.54, 1.807) is 64.1 Å². The molecule has 5 rings (SSSR count). The highest BCUT2D eigenvalue weighted by Gasteiger charge is 2.35. The van der Waals surface area contributed by atoms with E-state index in [2.05, 4.69) is 9.97 Å². The molecule has 0 spiro atoms. The number of aliphatic hydroxyl groups is 1. The second-order valence-electron chi connectivity index (χ2n) is 11.5. The Hall–Kier alpha value is -5.12. The number of rotatable bonds is 10. The summed E-state index contributed by atoms with van der Waals surface area (Å²) in [6, 6.07) is 30.7. The van der Waals surface area contributed by atoms with Crippen LogP contribution < -0.4 is 14.9 Å². The van der Waals surface area contributed by atoms with Gasteiger partial charge >= 0.3 is 19.4 Å². The highest BCUT2D eigenvalue weighted by Crippen LogP contribution is 2.26. The molecule has 0 saturated carbocycles. The number of esters is 2. The zero-order valence-electron chi connectivity index (χ0n) is 25.6. The van der Waals surface area contributed by atoms with Crippen molar-refractivity contribution >= 4 is 24.9 Å². The molecule has 8 nitrogen and oxygen atoms in total. The summed E-state index contributed by atoms with van der Waals surface area (Å²) in [5.41, 5.74) is 2.33. The quantitative estimate of drug-likeness (QED) is 0.122. The molecule has 0 atom stereocenters. The topological polar surface area (TPSA) is 108 Å². The van der Waals surface area contributed by atoms with Crippen molar-refractivity contribution in [3.8, 4) is 34.0 Å². The zero-order chi connectivity index (χ0) is 32.0. The van der Waals surface area contributed by atoms with Gasteiger partial charge in [0.05, 0.1) is 33.7 Å². The summed E-state index contributed by atoms with van der Waals surface area (Å²) >= 11 is 0. The fourth-order valence-electron chi connectivity index (χ4n) is 4.19. The van der Waals surface area contributed by atoms with Crippen LogP contribution in [-0.4, -0.2) is 45.7 Å². The molecule has 0 amide bonds. The SMILES string of the molecule is CC(C)(O)C(C)(C)OBc1cc(OC(=O)c2ccc(-c3ccccc3)nc2)cc(OC(=O)c2ccc(-c3ccccc3)nc2)c1. The monoisotopic (exact) mass is 600 g/mol. The molecule has 45 heavy (non-hydrogen) atoms. The van der Waals surface area contributed by atoms with E-state index < -0.39 is 23.1 Å². The van der Waals surface area contributed by atoms with E-state index in [9.17, 15) is 14.7 Å². The predicted octanol–water partition coefficient (Wildman–Crippen LogP) is 5.79. The number of benzene rings is 3. The maximum absolute atomic E-state index is 13.1. The average Bonchev–Trinajstić information content (AvgIpc) is 3.04. The minimum absolute atomic E-state index is 0.0492. The summed E-state index contributed by atoms with van der Waals surface area (Å²) < 4.78 is 17.4. The zero-order valence-corrected chi connectivity index (χ0v) is 25.6. The van der Waals surface area contributed by atoms with Crippen LogP contribution in [0.25, 0.3) is 22.5 Å². The molecule has 1 N–H and O–H groups in total. The standard InChI is InChI=1S/C36H33BN2O6/c1-35(2,42)36(3,4)45-37-28-19-29(43-33(40)26-15-17-31(38-22-26)24-11-7-5-8-12-24)21-30(20-28)44-34(41)27-16-18-32(39-23-27)25-13-9-6-10-14-25/h5-23,37,42H,1-4H3. The molecule has 226 valence electrons. The molecule has 9 heteroatoms. The number of hydrogen-bond acceptors (Lipinski definition) is 8. The molecule has 2 heterocycles. The smallest absolute Gasteiger partial charge is 0.345 e. The minimum Gasteiger partial charge on any atom is -0.427 e. The van der Waals surface area contributed by atoms with Crippen LogP contribution in [-0.2, 0) is 4.65 Å². The van der Waals surface area contributed by atoms with Gasteiger partial charge in [0.1, 0.15) is 11.5 Å².